The normalized spacial score (nSPS) is 10.9. The summed E-state index contributed by atoms with van der Waals surface area (Å²) in [5, 5.41) is 3.97. The van der Waals surface area contributed by atoms with Crippen molar-refractivity contribution in [1.29, 1.82) is 0 Å². The van der Waals surface area contributed by atoms with Gasteiger partial charge in [0.05, 0.1) is 18.4 Å². The van der Waals surface area contributed by atoms with Crippen molar-refractivity contribution in [3.63, 3.8) is 0 Å². The van der Waals surface area contributed by atoms with Crippen molar-refractivity contribution < 1.29 is 9.21 Å². The van der Waals surface area contributed by atoms with Crippen molar-refractivity contribution in [2.24, 2.45) is 0 Å². The molecule has 0 aliphatic heterocycles. The van der Waals surface area contributed by atoms with Crippen molar-refractivity contribution >= 4 is 45.2 Å². The van der Waals surface area contributed by atoms with E-state index in [1.165, 1.54) is 11.1 Å². The summed E-state index contributed by atoms with van der Waals surface area (Å²) in [7, 11) is 0. The second-order valence-corrected chi connectivity index (χ2v) is 6.56. The molecule has 0 atom stereocenters. The first-order chi connectivity index (χ1) is 10.5. The summed E-state index contributed by atoms with van der Waals surface area (Å²) in [5.74, 6) is -0.0370. The Morgan fingerprint density at radius 3 is 2.68 bits per heavy atom. The molecule has 112 valence electrons. The molecular weight excluding hydrogens is 389 g/mol. The molecule has 0 aliphatic rings. The van der Waals surface area contributed by atoms with Crippen LogP contribution >= 0.6 is 22.6 Å². The van der Waals surface area contributed by atoms with Gasteiger partial charge in [0, 0.05) is 14.5 Å². The van der Waals surface area contributed by atoms with Crippen LogP contribution in [0.5, 0.6) is 0 Å². The Kier molecular flexibility index (Phi) is 4.20. The number of hydrogen-bond acceptors (Lipinski definition) is 2. The SMILES string of the molecule is Cc1cc2occ(CC(=O)Nc3ccccc3I)c2cc1C. The first kappa shape index (κ1) is 15.1. The van der Waals surface area contributed by atoms with E-state index in [1.807, 2.05) is 30.3 Å². The number of carbonyl (C=O) groups is 1. The van der Waals surface area contributed by atoms with Gasteiger partial charge in [-0.05, 0) is 71.8 Å². The predicted molar refractivity (Wildman–Crippen MR) is 97.2 cm³/mol. The standard InChI is InChI=1S/C18H16INO2/c1-11-7-14-13(10-22-17(14)8-12(11)2)9-18(21)20-16-6-4-3-5-15(16)19/h3-8,10H,9H2,1-2H3,(H,20,21). The third-order valence-corrected chi connectivity index (χ3v) is 4.71. The average molecular weight is 405 g/mol. The van der Waals surface area contributed by atoms with Gasteiger partial charge in [0.2, 0.25) is 5.91 Å². The lowest BCUT2D eigenvalue weighted by Crippen LogP contribution is -2.14. The third kappa shape index (κ3) is 3.02. The molecular formula is C18H16INO2. The van der Waals surface area contributed by atoms with Gasteiger partial charge >= 0.3 is 0 Å². The fraction of sp³-hybridized carbons (Fsp3) is 0.167. The van der Waals surface area contributed by atoms with Gasteiger partial charge in [-0.25, -0.2) is 0 Å². The molecule has 0 unspecified atom stereocenters. The molecule has 1 N–H and O–H groups in total. The van der Waals surface area contributed by atoms with E-state index in [4.69, 9.17) is 4.42 Å². The number of nitrogens with one attached hydrogen (secondary N) is 1. The average Bonchev–Trinajstić information content (AvgIpc) is 2.84. The van der Waals surface area contributed by atoms with E-state index >= 15 is 0 Å². The van der Waals surface area contributed by atoms with Crippen molar-refractivity contribution in [2.75, 3.05) is 5.32 Å². The number of hydrogen-bond donors (Lipinski definition) is 1. The highest BCUT2D eigenvalue weighted by atomic mass is 127. The molecule has 3 aromatic rings. The quantitative estimate of drug-likeness (QED) is 0.634. The summed E-state index contributed by atoms with van der Waals surface area (Å²) < 4.78 is 6.60. The van der Waals surface area contributed by atoms with Gasteiger partial charge in [-0.15, -0.1) is 0 Å². The number of anilines is 1. The summed E-state index contributed by atoms with van der Waals surface area (Å²) in [6.45, 7) is 4.12. The van der Waals surface area contributed by atoms with Gasteiger partial charge in [-0.3, -0.25) is 4.79 Å². The van der Waals surface area contributed by atoms with Gasteiger partial charge in [-0.1, -0.05) is 12.1 Å². The predicted octanol–water partition coefficient (Wildman–Crippen LogP) is 4.84. The lowest BCUT2D eigenvalue weighted by atomic mass is 10.0. The Labute approximate surface area is 142 Å². The Bertz CT molecular complexity index is 851. The third-order valence-electron chi connectivity index (χ3n) is 3.77. The first-order valence-corrected chi connectivity index (χ1v) is 8.14. The van der Waals surface area contributed by atoms with Gasteiger partial charge in [0.1, 0.15) is 5.58 Å². The van der Waals surface area contributed by atoms with E-state index in [-0.39, 0.29) is 5.91 Å². The van der Waals surface area contributed by atoms with Crippen molar-refractivity contribution in [3.8, 4) is 0 Å². The number of furan rings is 1. The van der Waals surface area contributed by atoms with Crippen molar-refractivity contribution in [2.45, 2.75) is 20.3 Å². The lowest BCUT2D eigenvalue weighted by molar-refractivity contribution is -0.115. The zero-order valence-corrected chi connectivity index (χ0v) is 14.6. The van der Waals surface area contributed by atoms with E-state index in [2.05, 4.69) is 47.8 Å². The monoisotopic (exact) mass is 405 g/mol. The van der Waals surface area contributed by atoms with Gasteiger partial charge in [0.25, 0.3) is 0 Å². The Balaban J connectivity index is 1.83. The van der Waals surface area contributed by atoms with Crippen LogP contribution in [0.15, 0.2) is 47.1 Å². The molecule has 0 saturated heterocycles. The molecule has 22 heavy (non-hydrogen) atoms. The first-order valence-electron chi connectivity index (χ1n) is 7.06. The molecule has 1 heterocycles. The fourth-order valence-electron chi connectivity index (χ4n) is 2.40. The number of amides is 1. The largest absolute Gasteiger partial charge is 0.464 e. The molecule has 0 radical (unpaired) electrons. The fourth-order valence-corrected chi connectivity index (χ4v) is 2.93. The number of para-hydroxylation sites is 1. The summed E-state index contributed by atoms with van der Waals surface area (Å²) >= 11 is 2.21. The molecule has 0 saturated carbocycles. The maximum atomic E-state index is 12.3. The van der Waals surface area contributed by atoms with Crippen molar-refractivity contribution in [1.82, 2.24) is 0 Å². The zero-order valence-electron chi connectivity index (χ0n) is 12.4. The summed E-state index contributed by atoms with van der Waals surface area (Å²) in [6, 6.07) is 11.8. The van der Waals surface area contributed by atoms with Gasteiger partial charge in [0.15, 0.2) is 0 Å². The van der Waals surface area contributed by atoms with Crippen LogP contribution in [0.2, 0.25) is 0 Å². The number of rotatable bonds is 3. The molecule has 0 fully saturated rings. The maximum absolute atomic E-state index is 12.3. The number of halogens is 1. The van der Waals surface area contributed by atoms with Crippen LogP contribution in [0, 0.1) is 17.4 Å². The second-order valence-electron chi connectivity index (χ2n) is 5.40. The molecule has 0 spiro atoms. The lowest BCUT2D eigenvalue weighted by Gasteiger charge is -2.06. The van der Waals surface area contributed by atoms with Crippen LogP contribution in [0.4, 0.5) is 5.69 Å². The van der Waals surface area contributed by atoms with E-state index in [1.54, 1.807) is 6.26 Å². The Morgan fingerprint density at radius 1 is 1.18 bits per heavy atom. The summed E-state index contributed by atoms with van der Waals surface area (Å²) in [6.07, 6.45) is 1.99. The molecule has 1 amide bonds. The Hall–Kier alpha value is -1.82. The van der Waals surface area contributed by atoms with Gasteiger partial charge < -0.3 is 9.73 Å². The minimum absolute atomic E-state index is 0.0370. The van der Waals surface area contributed by atoms with Crippen LogP contribution in [0.3, 0.4) is 0 Å². The number of benzene rings is 2. The molecule has 3 rings (SSSR count). The zero-order chi connectivity index (χ0) is 15.7. The number of aryl methyl sites for hydroxylation is 2. The van der Waals surface area contributed by atoms with E-state index < -0.39 is 0 Å². The molecule has 3 nitrogen and oxygen atoms in total. The molecule has 2 aromatic carbocycles. The smallest absolute Gasteiger partial charge is 0.228 e. The van der Waals surface area contributed by atoms with Crippen LogP contribution in [0.25, 0.3) is 11.0 Å². The summed E-state index contributed by atoms with van der Waals surface area (Å²) in [4.78, 5) is 12.3. The van der Waals surface area contributed by atoms with Crippen LogP contribution in [0.1, 0.15) is 16.7 Å². The molecule has 0 bridgehead atoms. The topological polar surface area (TPSA) is 42.2 Å². The minimum Gasteiger partial charge on any atom is -0.464 e. The van der Waals surface area contributed by atoms with Crippen molar-refractivity contribution in [3.05, 3.63) is 62.9 Å². The highest BCUT2D eigenvalue weighted by molar-refractivity contribution is 14.1. The second kappa shape index (κ2) is 6.12. The number of fused-ring (bicyclic) bond motifs is 1. The minimum atomic E-state index is -0.0370. The van der Waals surface area contributed by atoms with E-state index in [0.717, 1.165) is 25.8 Å². The molecule has 0 aliphatic carbocycles. The van der Waals surface area contributed by atoms with Crippen LogP contribution in [-0.2, 0) is 11.2 Å². The highest BCUT2D eigenvalue weighted by Gasteiger charge is 2.12. The van der Waals surface area contributed by atoms with Crippen LogP contribution < -0.4 is 5.32 Å². The van der Waals surface area contributed by atoms with E-state index in [9.17, 15) is 4.79 Å². The van der Waals surface area contributed by atoms with Gasteiger partial charge in [-0.2, -0.15) is 0 Å². The molecule has 4 heteroatoms. The molecule has 1 aromatic heterocycles. The van der Waals surface area contributed by atoms with Crippen LogP contribution in [-0.4, -0.2) is 5.91 Å². The van der Waals surface area contributed by atoms with E-state index in [0.29, 0.717) is 6.42 Å². The maximum Gasteiger partial charge on any atom is 0.228 e. The summed E-state index contributed by atoms with van der Waals surface area (Å²) in [5.41, 5.74) is 4.99. The Morgan fingerprint density at radius 2 is 1.91 bits per heavy atom. The highest BCUT2D eigenvalue weighted by Crippen LogP contribution is 2.25. The number of carbonyl (C=O) groups excluding carboxylic acids is 1.